The third kappa shape index (κ3) is 2.55. The van der Waals surface area contributed by atoms with Gasteiger partial charge in [-0.05, 0) is 40.8 Å². The van der Waals surface area contributed by atoms with Gasteiger partial charge in [-0.3, -0.25) is 9.59 Å². The van der Waals surface area contributed by atoms with E-state index in [9.17, 15) is 9.59 Å². The molecule has 1 saturated heterocycles. The second kappa shape index (κ2) is 4.81. The molecule has 1 aliphatic heterocycles. The third-order valence-corrected chi connectivity index (χ3v) is 3.85. The smallest absolute Gasteiger partial charge is 0.310 e. The van der Waals surface area contributed by atoms with Crippen molar-refractivity contribution in [3.8, 4) is 0 Å². The van der Waals surface area contributed by atoms with Gasteiger partial charge in [0.1, 0.15) is 0 Å². The maximum atomic E-state index is 12.0. The number of amides is 1. The molecule has 1 aromatic carbocycles. The highest BCUT2D eigenvalue weighted by Gasteiger charge is 2.36. The van der Waals surface area contributed by atoms with Crippen molar-refractivity contribution in [3.05, 3.63) is 32.4 Å². The SMILES string of the molecule is O=C(O)C1CN(C(=O)c2cc(Cl)ccc2I)C1. The summed E-state index contributed by atoms with van der Waals surface area (Å²) in [6.45, 7) is 0.549. The van der Waals surface area contributed by atoms with Gasteiger partial charge in [-0.15, -0.1) is 0 Å². The second-order valence-corrected chi connectivity index (χ2v) is 5.47. The van der Waals surface area contributed by atoms with Crippen LogP contribution < -0.4 is 0 Å². The number of nitrogens with zero attached hydrogens (tertiary/aromatic N) is 1. The lowest BCUT2D eigenvalue weighted by atomic mass is 9.99. The normalized spacial score (nSPS) is 15.5. The molecular formula is C11H9ClINO3. The molecule has 1 heterocycles. The first-order chi connectivity index (χ1) is 7.99. The Labute approximate surface area is 117 Å². The van der Waals surface area contributed by atoms with Crippen LogP contribution >= 0.6 is 34.2 Å². The molecule has 1 aliphatic rings. The number of carbonyl (C=O) groups is 2. The molecule has 6 heteroatoms. The Morgan fingerprint density at radius 3 is 2.65 bits per heavy atom. The average Bonchev–Trinajstić information content (AvgIpc) is 2.18. The zero-order valence-electron chi connectivity index (χ0n) is 8.69. The Bertz CT molecular complexity index is 486. The predicted molar refractivity (Wildman–Crippen MR) is 71.2 cm³/mol. The Morgan fingerprint density at radius 1 is 1.41 bits per heavy atom. The average molecular weight is 366 g/mol. The summed E-state index contributed by atoms with van der Waals surface area (Å²) in [5.74, 6) is -1.44. The number of benzene rings is 1. The summed E-state index contributed by atoms with van der Waals surface area (Å²) in [7, 11) is 0. The van der Waals surface area contributed by atoms with Crippen LogP contribution in [0.25, 0.3) is 0 Å². The standard InChI is InChI=1S/C11H9ClINO3/c12-7-1-2-9(13)8(3-7)10(15)14-4-6(5-14)11(16)17/h1-3,6H,4-5H2,(H,16,17). The van der Waals surface area contributed by atoms with E-state index in [2.05, 4.69) is 22.6 Å². The van der Waals surface area contributed by atoms with E-state index in [1.807, 2.05) is 0 Å². The van der Waals surface area contributed by atoms with E-state index in [-0.39, 0.29) is 19.0 Å². The highest BCUT2D eigenvalue weighted by Crippen LogP contribution is 2.23. The number of aliphatic carboxylic acids is 1. The van der Waals surface area contributed by atoms with Crippen LogP contribution in [0, 0.1) is 9.49 Å². The number of carboxylic acids is 1. The van der Waals surface area contributed by atoms with Gasteiger partial charge < -0.3 is 10.0 Å². The van der Waals surface area contributed by atoms with E-state index in [1.165, 1.54) is 4.90 Å². The number of likely N-dealkylation sites (tertiary alicyclic amines) is 1. The van der Waals surface area contributed by atoms with E-state index in [4.69, 9.17) is 16.7 Å². The largest absolute Gasteiger partial charge is 0.481 e. The second-order valence-electron chi connectivity index (χ2n) is 3.87. The topological polar surface area (TPSA) is 57.6 Å². The summed E-state index contributed by atoms with van der Waals surface area (Å²) in [4.78, 5) is 24.2. The predicted octanol–water partition coefficient (Wildman–Crippen LogP) is 2.10. The molecule has 90 valence electrons. The van der Waals surface area contributed by atoms with Crippen molar-refractivity contribution in [2.75, 3.05) is 13.1 Å². The molecule has 1 aromatic rings. The number of rotatable bonds is 2. The van der Waals surface area contributed by atoms with Gasteiger partial charge in [-0.25, -0.2) is 0 Å². The molecule has 1 fully saturated rings. The highest BCUT2D eigenvalue weighted by atomic mass is 127. The van der Waals surface area contributed by atoms with Crippen molar-refractivity contribution in [3.63, 3.8) is 0 Å². The Morgan fingerprint density at radius 2 is 2.06 bits per heavy atom. The Balaban J connectivity index is 2.11. The van der Waals surface area contributed by atoms with Crippen molar-refractivity contribution < 1.29 is 14.7 Å². The van der Waals surface area contributed by atoms with Crippen molar-refractivity contribution in [2.24, 2.45) is 5.92 Å². The fourth-order valence-electron chi connectivity index (χ4n) is 1.63. The monoisotopic (exact) mass is 365 g/mol. The molecule has 0 bridgehead atoms. The van der Waals surface area contributed by atoms with Crippen molar-refractivity contribution in [1.82, 2.24) is 4.90 Å². The van der Waals surface area contributed by atoms with Gasteiger partial charge in [0, 0.05) is 21.7 Å². The van der Waals surface area contributed by atoms with Crippen LogP contribution in [-0.4, -0.2) is 35.0 Å². The molecule has 0 radical (unpaired) electrons. The minimum atomic E-state index is -0.852. The lowest BCUT2D eigenvalue weighted by Gasteiger charge is -2.36. The number of hydrogen-bond acceptors (Lipinski definition) is 2. The van der Waals surface area contributed by atoms with Crippen molar-refractivity contribution in [2.45, 2.75) is 0 Å². The molecule has 4 nitrogen and oxygen atoms in total. The molecule has 2 rings (SSSR count). The molecule has 17 heavy (non-hydrogen) atoms. The number of halogens is 2. The highest BCUT2D eigenvalue weighted by molar-refractivity contribution is 14.1. The fraction of sp³-hybridized carbons (Fsp3) is 0.273. The molecule has 1 N–H and O–H groups in total. The van der Waals surface area contributed by atoms with E-state index in [0.29, 0.717) is 10.6 Å². The van der Waals surface area contributed by atoms with E-state index >= 15 is 0 Å². The molecule has 0 aromatic heterocycles. The van der Waals surface area contributed by atoms with Gasteiger partial charge in [0.25, 0.3) is 5.91 Å². The molecule has 1 amide bonds. The lowest BCUT2D eigenvalue weighted by Crippen LogP contribution is -2.53. The molecule has 0 atom stereocenters. The minimum absolute atomic E-state index is 0.158. The van der Waals surface area contributed by atoms with Gasteiger partial charge in [0.2, 0.25) is 0 Å². The molecular weight excluding hydrogens is 356 g/mol. The quantitative estimate of drug-likeness (QED) is 0.817. The third-order valence-electron chi connectivity index (χ3n) is 2.68. The van der Waals surface area contributed by atoms with Crippen LogP contribution in [0.4, 0.5) is 0 Å². The summed E-state index contributed by atoms with van der Waals surface area (Å²) in [5, 5.41) is 9.25. The van der Waals surface area contributed by atoms with Crippen LogP contribution in [0.1, 0.15) is 10.4 Å². The Kier molecular flexibility index (Phi) is 3.58. The van der Waals surface area contributed by atoms with Crippen LogP contribution in [0.3, 0.4) is 0 Å². The Hall–Kier alpha value is -0.820. The maximum Gasteiger partial charge on any atom is 0.310 e. The first-order valence-corrected chi connectivity index (χ1v) is 6.42. The zero-order chi connectivity index (χ0) is 12.6. The van der Waals surface area contributed by atoms with E-state index in [1.54, 1.807) is 18.2 Å². The number of carboxylic acid groups (broad SMARTS) is 1. The summed E-state index contributed by atoms with van der Waals surface area (Å²) < 4.78 is 0.816. The molecule has 0 saturated carbocycles. The van der Waals surface area contributed by atoms with Crippen LogP contribution in [0.2, 0.25) is 5.02 Å². The zero-order valence-corrected chi connectivity index (χ0v) is 11.6. The van der Waals surface area contributed by atoms with Gasteiger partial charge in [-0.1, -0.05) is 11.6 Å². The van der Waals surface area contributed by atoms with E-state index < -0.39 is 11.9 Å². The molecule has 0 aliphatic carbocycles. The summed E-state index contributed by atoms with van der Waals surface area (Å²) in [5.41, 5.74) is 0.530. The van der Waals surface area contributed by atoms with Gasteiger partial charge in [0.15, 0.2) is 0 Å². The number of hydrogen-bond donors (Lipinski definition) is 1. The fourth-order valence-corrected chi connectivity index (χ4v) is 2.37. The summed E-state index contributed by atoms with van der Waals surface area (Å²) in [6, 6.07) is 5.10. The van der Waals surface area contributed by atoms with Crippen LogP contribution in [0.5, 0.6) is 0 Å². The molecule has 0 unspecified atom stereocenters. The van der Waals surface area contributed by atoms with Gasteiger partial charge in [-0.2, -0.15) is 0 Å². The lowest BCUT2D eigenvalue weighted by molar-refractivity contribution is -0.146. The van der Waals surface area contributed by atoms with E-state index in [0.717, 1.165) is 3.57 Å². The van der Waals surface area contributed by atoms with Gasteiger partial charge in [0.05, 0.1) is 11.5 Å². The minimum Gasteiger partial charge on any atom is -0.481 e. The first kappa shape index (κ1) is 12.6. The van der Waals surface area contributed by atoms with Crippen LogP contribution in [0.15, 0.2) is 18.2 Å². The van der Waals surface area contributed by atoms with Crippen molar-refractivity contribution >= 4 is 46.1 Å². The van der Waals surface area contributed by atoms with Gasteiger partial charge >= 0.3 is 5.97 Å². The summed E-state index contributed by atoms with van der Waals surface area (Å²) >= 11 is 7.90. The molecule has 0 spiro atoms. The summed E-state index contributed by atoms with van der Waals surface area (Å²) in [6.07, 6.45) is 0. The van der Waals surface area contributed by atoms with Crippen LogP contribution in [-0.2, 0) is 4.79 Å². The number of carbonyl (C=O) groups excluding carboxylic acids is 1. The first-order valence-electron chi connectivity index (χ1n) is 4.96. The maximum absolute atomic E-state index is 12.0. The van der Waals surface area contributed by atoms with Crippen molar-refractivity contribution in [1.29, 1.82) is 0 Å².